The highest BCUT2D eigenvalue weighted by molar-refractivity contribution is 9.10. The predicted octanol–water partition coefficient (Wildman–Crippen LogP) is 2.37. The third kappa shape index (κ3) is 3.09. The van der Waals surface area contributed by atoms with Gasteiger partial charge in [-0.3, -0.25) is 4.98 Å². The van der Waals surface area contributed by atoms with Crippen molar-refractivity contribution >= 4 is 40.7 Å². The minimum absolute atomic E-state index is 0. The monoisotopic (exact) mass is 284 g/mol. The normalized spacial score (nSPS) is 15.2. The SMILES string of the molecule is Brc1ccc(C2CNC2)nc1.Cl.Cl. The first kappa shape index (κ1) is 13.2. The molecule has 1 N–H and O–H groups in total. The molecule has 13 heavy (non-hydrogen) atoms. The van der Waals surface area contributed by atoms with Crippen LogP contribution in [0.2, 0.25) is 0 Å². The highest BCUT2D eigenvalue weighted by Crippen LogP contribution is 2.18. The Labute approximate surface area is 98.5 Å². The number of rotatable bonds is 1. The molecular weight excluding hydrogens is 275 g/mol. The minimum atomic E-state index is 0. The van der Waals surface area contributed by atoms with Gasteiger partial charge in [0.25, 0.3) is 0 Å². The zero-order valence-corrected chi connectivity index (χ0v) is 10.1. The number of halogens is 3. The molecule has 0 aliphatic carbocycles. The molecule has 2 nitrogen and oxygen atoms in total. The standard InChI is InChI=1S/C8H9BrN2.2ClH/c9-7-1-2-8(11-5-7)6-3-10-4-6;;/h1-2,5-6,10H,3-4H2;2*1H. The highest BCUT2D eigenvalue weighted by Gasteiger charge is 2.19. The van der Waals surface area contributed by atoms with E-state index in [1.165, 1.54) is 5.69 Å². The van der Waals surface area contributed by atoms with Gasteiger partial charge < -0.3 is 5.32 Å². The van der Waals surface area contributed by atoms with Crippen molar-refractivity contribution in [1.29, 1.82) is 0 Å². The lowest BCUT2D eigenvalue weighted by Gasteiger charge is -2.26. The molecule has 0 saturated carbocycles. The molecule has 0 amide bonds. The smallest absolute Gasteiger partial charge is 0.0460 e. The van der Waals surface area contributed by atoms with Crippen LogP contribution in [0.1, 0.15) is 11.6 Å². The molecule has 5 heteroatoms. The summed E-state index contributed by atoms with van der Waals surface area (Å²) in [6.45, 7) is 2.16. The van der Waals surface area contributed by atoms with Crippen molar-refractivity contribution in [1.82, 2.24) is 10.3 Å². The van der Waals surface area contributed by atoms with E-state index in [-0.39, 0.29) is 24.8 Å². The van der Waals surface area contributed by atoms with E-state index in [0.717, 1.165) is 17.6 Å². The van der Waals surface area contributed by atoms with Gasteiger partial charge in [0.2, 0.25) is 0 Å². The molecular formula is C8H11BrCl2N2. The maximum absolute atomic E-state index is 4.31. The summed E-state index contributed by atoms with van der Waals surface area (Å²) in [4.78, 5) is 4.31. The van der Waals surface area contributed by atoms with E-state index in [9.17, 15) is 0 Å². The van der Waals surface area contributed by atoms with Gasteiger partial charge in [-0.2, -0.15) is 0 Å². The van der Waals surface area contributed by atoms with Gasteiger partial charge in [0.15, 0.2) is 0 Å². The minimum Gasteiger partial charge on any atom is -0.315 e. The highest BCUT2D eigenvalue weighted by atomic mass is 79.9. The molecule has 1 aromatic heterocycles. The molecule has 0 atom stereocenters. The van der Waals surface area contributed by atoms with Crippen LogP contribution in [0.15, 0.2) is 22.8 Å². The Morgan fingerprint density at radius 3 is 2.38 bits per heavy atom. The lowest BCUT2D eigenvalue weighted by atomic mass is 9.99. The molecule has 1 aromatic rings. The molecule has 1 aliphatic heterocycles. The summed E-state index contributed by atoms with van der Waals surface area (Å²) in [6, 6.07) is 4.12. The third-order valence-corrected chi connectivity index (χ3v) is 2.42. The Morgan fingerprint density at radius 2 is 2.00 bits per heavy atom. The van der Waals surface area contributed by atoms with Crippen LogP contribution in [0.25, 0.3) is 0 Å². The Kier molecular flexibility index (Phi) is 5.88. The van der Waals surface area contributed by atoms with Crippen molar-refractivity contribution in [2.45, 2.75) is 5.92 Å². The fourth-order valence-electron chi connectivity index (χ4n) is 1.13. The summed E-state index contributed by atoms with van der Waals surface area (Å²) in [5.41, 5.74) is 1.20. The number of hydrogen-bond donors (Lipinski definition) is 1. The molecule has 0 radical (unpaired) electrons. The predicted molar refractivity (Wildman–Crippen MR) is 62.0 cm³/mol. The maximum Gasteiger partial charge on any atom is 0.0460 e. The van der Waals surface area contributed by atoms with Crippen LogP contribution >= 0.6 is 40.7 Å². The first-order valence-electron chi connectivity index (χ1n) is 3.68. The Balaban J connectivity index is 0.000000720. The molecule has 0 aromatic carbocycles. The molecule has 1 fully saturated rings. The molecule has 2 heterocycles. The summed E-state index contributed by atoms with van der Waals surface area (Å²) in [7, 11) is 0. The van der Waals surface area contributed by atoms with Crippen LogP contribution in [0.3, 0.4) is 0 Å². The molecule has 0 bridgehead atoms. The number of nitrogens with one attached hydrogen (secondary N) is 1. The van der Waals surface area contributed by atoms with Gasteiger partial charge in [0, 0.05) is 35.4 Å². The number of hydrogen-bond acceptors (Lipinski definition) is 2. The largest absolute Gasteiger partial charge is 0.315 e. The maximum atomic E-state index is 4.31. The lowest BCUT2D eigenvalue weighted by molar-refractivity contribution is 0.440. The van der Waals surface area contributed by atoms with Gasteiger partial charge in [-0.15, -0.1) is 24.8 Å². The summed E-state index contributed by atoms with van der Waals surface area (Å²) in [6.07, 6.45) is 1.85. The van der Waals surface area contributed by atoms with Crippen LogP contribution in [-0.2, 0) is 0 Å². The number of pyridine rings is 1. The van der Waals surface area contributed by atoms with Gasteiger partial charge in [0.05, 0.1) is 0 Å². The average Bonchev–Trinajstić information content (AvgIpc) is 1.90. The summed E-state index contributed by atoms with van der Waals surface area (Å²) < 4.78 is 1.05. The van der Waals surface area contributed by atoms with Crippen molar-refractivity contribution in [2.24, 2.45) is 0 Å². The van der Waals surface area contributed by atoms with Gasteiger partial charge in [0.1, 0.15) is 0 Å². The van der Waals surface area contributed by atoms with E-state index < -0.39 is 0 Å². The van der Waals surface area contributed by atoms with Crippen LogP contribution in [0, 0.1) is 0 Å². The summed E-state index contributed by atoms with van der Waals surface area (Å²) >= 11 is 3.36. The van der Waals surface area contributed by atoms with E-state index in [2.05, 4.69) is 32.3 Å². The summed E-state index contributed by atoms with van der Waals surface area (Å²) in [5.74, 6) is 0.642. The van der Waals surface area contributed by atoms with Crippen molar-refractivity contribution in [3.05, 3.63) is 28.5 Å². The molecule has 2 rings (SSSR count). The first-order valence-corrected chi connectivity index (χ1v) is 4.48. The lowest BCUT2D eigenvalue weighted by Crippen LogP contribution is -2.40. The van der Waals surface area contributed by atoms with Gasteiger partial charge in [-0.25, -0.2) is 0 Å². The van der Waals surface area contributed by atoms with E-state index >= 15 is 0 Å². The van der Waals surface area contributed by atoms with E-state index in [1.54, 1.807) is 0 Å². The number of nitrogens with zero attached hydrogens (tertiary/aromatic N) is 1. The zero-order valence-electron chi connectivity index (χ0n) is 6.87. The molecule has 1 saturated heterocycles. The van der Waals surface area contributed by atoms with Crippen LogP contribution in [0.5, 0.6) is 0 Å². The molecule has 74 valence electrons. The van der Waals surface area contributed by atoms with Crippen LogP contribution in [0.4, 0.5) is 0 Å². The van der Waals surface area contributed by atoms with Crippen molar-refractivity contribution in [2.75, 3.05) is 13.1 Å². The fraction of sp³-hybridized carbons (Fsp3) is 0.375. The van der Waals surface area contributed by atoms with Crippen LogP contribution in [-0.4, -0.2) is 18.1 Å². The first-order chi connectivity index (χ1) is 5.36. The number of aromatic nitrogens is 1. The molecule has 0 unspecified atom stereocenters. The fourth-order valence-corrected chi connectivity index (χ4v) is 1.36. The second-order valence-electron chi connectivity index (χ2n) is 2.76. The van der Waals surface area contributed by atoms with Crippen molar-refractivity contribution in [3.8, 4) is 0 Å². The van der Waals surface area contributed by atoms with E-state index in [0.29, 0.717) is 5.92 Å². The Morgan fingerprint density at radius 1 is 1.31 bits per heavy atom. The third-order valence-electron chi connectivity index (χ3n) is 1.95. The average molecular weight is 286 g/mol. The van der Waals surface area contributed by atoms with Crippen LogP contribution < -0.4 is 5.32 Å². The van der Waals surface area contributed by atoms with Crippen molar-refractivity contribution in [3.63, 3.8) is 0 Å². The zero-order chi connectivity index (χ0) is 7.68. The second kappa shape index (κ2) is 5.81. The van der Waals surface area contributed by atoms with E-state index in [1.807, 2.05) is 12.3 Å². The molecule has 1 aliphatic rings. The topological polar surface area (TPSA) is 24.9 Å². The van der Waals surface area contributed by atoms with Crippen molar-refractivity contribution < 1.29 is 0 Å². The van der Waals surface area contributed by atoms with Gasteiger partial charge >= 0.3 is 0 Å². The Hall–Kier alpha value is 0.170. The second-order valence-corrected chi connectivity index (χ2v) is 3.67. The van der Waals surface area contributed by atoms with Gasteiger partial charge in [-0.1, -0.05) is 0 Å². The van der Waals surface area contributed by atoms with E-state index in [4.69, 9.17) is 0 Å². The summed E-state index contributed by atoms with van der Waals surface area (Å²) in [5, 5.41) is 3.22. The quantitative estimate of drug-likeness (QED) is 0.857. The molecule has 0 spiro atoms. The van der Waals surface area contributed by atoms with Gasteiger partial charge in [-0.05, 0) is 28.1 Å². The Bertz CT molecular complexity index is 249.